The predicted molar refractivity (Wildman–Crippen MR) is 68.4 cm³/mol. The van der Waals surface area contributed by atoms with Crippen LogP contribution >= 0.6 is 0 Å². The van der Waals surface area contributed by atoms with Gasteiger partial charge in [-0.25, -0.2) is 0 Å². The Kier molecular flexibility index (Phi) is 3.97. The van der Waals surface area contributed by atoms with Crippen molar-refractivity contribution in [1.82, 2.24) is 0 Å². The van der Waals surface area contributed by atoms with E-state index in [4.69, 9.17) is 5.11 Å². The van der Waals surface area contributed by atoms with Gasteiger partial charge in [-0.05, 0) is 30.9 Å². The Morgan fingerprint density at radius 3 is 2.72 bits per heavy atom. The summed E-state index contributed by atoms with van der Waals surface area (Å²) in [6, 6.07) is 9.56. The number of amides is 1. The van der Waals surface area contributed by atoms with Crippen LogP contribution in [0.2, 0.25) is 0 Å². The summed E-state index contributed by atoms with van der Waals surface area (Å²) in [5.74, 6) is -0.343. The summed E-state index contributed by atoms with van der Waals surface area (Å²) < 4.78 is 0. The van der Waals surface area contributed by atoms with E-state index in [9.17, 15) is 9.59 Å². The predicted octanol–water partition coefficient (Wildman–Crippen LogP) is 2.29. The number of aliphatic carboxylic acids is 1. The molecule has 2 rings (SSSR count). The molecular formula is C14H17NO3. The molecule has 1 aliphatic rings. The minimum absolute atomic E-state index is 0.132. The largest absolute Gasteiger partial charge is 0.481 e. The molecule has 1 atom stereocenters. The van der Waals surface area contributed by atoms with Crippen molar-refractivity contribution < 1.29 is 14.7 Å². The first-order chi connectivity index (χ1) is 8.66. The van der Waals surface area contributed by atoms with Gasteiger partial charge in [0.2, 0.25) is 5.91 Å². The Morgan fingerprint density at radius 2 is 2.06 bits per heavy atom. The first-order valence-electron chi connectivity index (χ1n) is 6.24. The minimum atomic E-state index is -0.766. The molecule has 4 heteroatoms. The van der Waals surface area contributed by atoms with Gasteiger partial charge in [-0.2, -0.15) is 0 Å². The van der Waals surface area contributed by atoms with E-state index in [1.54, 1.807) is 4.90 Å². The van der Waals surface area contributed by atoms with Crippen molar-refractivity contribution in [2.75, 3.05) is 11.4 Å². The van der Waals surface area contributed by atoms with Crippen LogP contribution in [0, 0.1) is 5.92 Å². The molecule has 1 aromatic carbocycles. The molecule has 1 N–H and O–H groups in total. The molecule has 0 aromatic heterocycles. The molecular weight excluding hydrogens is 230 g/mol. The van der Waals surface area contributed by atoms with E-state index in [2.05, 4.69) is 0 Å². The lowest BCUT2D eigenvalue weighted by Crippen LogP contribution is -2.40. The van der Waals surface area contributed by atoms with Gasteiger partial charge < -0.3 is 10.0 Å². The zero-order chi connectivity index (χ0) is 13.0. The third-order valence-electron chi connectivity index (χ3n) is 3.34. The average Bonchev–Trinajstić information content (AvgIpc) is 2.38. The molecule has 1 heterocycles. The normalized spacial score (nSPS) is 19.9. The minimum Gasteiger partial charge on any atom is -0.481 e. The van der Waals surface area contributed by atoms with E-state index in [0.717, 1.165) is 12.1 Å². The van der Waals surface area contributed by atoms with Gasteiger partial charge in [0.15, 0.2) is 0 Å². The molecule has 0 aliphatic carbocycles. The molecule has 4 nitrogen and oxygen atoms in total. The number of nitrogens with zero attached hydrogens (tertiary/aromatic N) is 1. The Bertz CT molecular complexity index is 430. The number of carboxylic acids is 1. The number of anilines is 1. The number of piperidine rings is 1. The lowest BCUT2D eigenvalue weighted by atomic mass is 9.92. The number of carboxylic acid groups (broad SMARTS) is 1. The van der Waals surface area contributed by atoms with Crippen molar-refractivity contribution in [2.24, 2.45) is 5.92 Å². The van der Waals surface area contributed by atoms with Crippen LogP contribution in [0.25, 0.3) is 0 Å². The molecule has 0 saturated carbocycles. The summed E-state index contributed by atoms with van der Waals surface area (Å²) in [7, 11) is 0. The van der Waals surface area contributed by atoms with Crippen molar-refractivity contribution in [2.45, 2.75) is 25.7 Å². The van der Waals surface area contributed by atoms with Crippen molar-refractivity contribution >= 4 is 17.6 Å². The summed E-state index contributed by atoms with van der Waals surface area (Å²) in [5.41, 5.74) is 0.905. The highest BCUT2D eigenvalue weighted by Crippen LogP contribution is 2.26. The lowest BCUT2D eigenvalue weighted by Gasteiger charge is -2.32. The number of carbonyl (C=O) groups excluding carboxylic acids is 1. The van der Waals surface area contributed by atoms with Gasteiger partial charge in [0.1, 0.15) is 0 Å². The van der Waals surface area contributed by atoms with Crippen molar-refractivity contribution in [3.63, 3.8) is 0 Å². The quantitative estimate of drug-likeness (QED) is 0.888. The van der Waals surface area contributed by atoms with E-state index in [1.165, 1.54) is 0 Å². The number of carbonyl (C=O) groups is 2. The first kappa shape index (κ1) is 12.6. The molecule has 1 fully saturated rings. The molecule has 1 unspecified atom stereocenters. The Hall–Kier alpha value is -1.84. The Morgan fingerprint density at radius 1 is 1.33 bits per heavy atom. The van der Waals surface area contributed by atoms with Gasteiger partial charge in [-0.1, -0.05) is 18.2 Å². The Labute approximate surface area is 106 Å². The van der Waals surface area contributed by atoms with Crippen molar-refractivity contribution in [3.05, 3.63) is 30.3 Å². The average molecular weight is 247 g/mol. The highest BCUT2D eigenvalue weighted by atomic mass is 16.4. The van der Waals surface area contributed by atoms with E-state index >= 15 is 0 Å². The van der Waals surface area contributed by atoms with Crippen LogP contribution < -0.4 is 4.90 Å². The number of hydrogen-bond donors (Lipinski definition) is 1. The fourth-order valence-corrected chi connectivity index (χ4v) is 2.33. The maximum atomic E-state index is 11.9. The van der Waals surface area contributed by atoms with Crippen molar-refractivity contribution in [1.29, 1.82) is 0 Å². The second-order valence-corrected chi connectivity index (χ2v) is 4.68. The molecule has 1 amide bonds. The van der Waals surface area contributed by atoms with E-state index in [-0.39, 0.29) is 12.3 Å². The third kappa shape index (κ3) is 3.09. The fraction of sp³-hybridized carbons (Fsp3) is 0.429. The Balaban J connectivity index is 2.01. The second-order valence-electron chi connectivity index (χ2n) is 4.68. The van der Waals surface area contributed by atoms with E-state index < -0.39 is 5.97 Å². The van der Waals surface area contributed by atoms with Gasteiger partial charge in [0, 0.05) is 25.1 Å². The number of rotatable bonds is 4. The standard InChI is InChI=1S/C14H17NO3/c16-13-8-6-11(7-9-14(17)18)10-15(13)12-4-2-1-3-5-12/h1-5,11H,6-10H2,(H,17,18). The SMILES string of the molecule is O=C(O)CCC1CCC(=O)N(c2ccccc2)C1. The lowest BCUT2D eigenvalue weighted by molar-refractivity contribution is -0.137. The zero-order valence-electron chi connectivity index (χ0n) is 10.2. The van der Waals surface area contributed by atoms with Crippen LogP contribution in [0.1, 0.15) is 25.7 Å². The van der Waals surface area contributed by atoms with Crippen LogP contribution in [-0.2, 0) is 9.59 Å². The number of benzene rings is 1. The molecule has 0 radical (unpaired) electrons. The zero-order valence-corrected chi connectivity index (χ0v) is 10.2. The van der Waals surface area contributed by atoms with Crippen molar-refractivity contribution in [3.8, 4) is 0 Å². The van der Waals surface area contributed by atoms with Crippen LogP contribution in [0.15, 0.2) is 30.3 Å². The smallest absolute Gasteiger partial charge is 0.303 e. The summed E-state index contributed by atoms with van der Waals surface area (Å²) in [6.45, 7) is 0.635. The van der Waals surface area contributed by atoms with Gasteiger partial charge in [0.25, 0.3) is 0 Å². The molecule has 18 heavy (non-hydrogen) atoms. The molecule has 1 saturated heterocycles. The third-order valence-corrected chi connectivity index (χ3v) is 3.34. The van der Waals surface area contributed by atoms with Crippen LogP contribution in [0.4, 0.5) is 5.69 Å². The highest BCUT2D eigenvalue weighted by molar-refractivity contribution is 5.94. The molecule has 0 bridgehead atoms. The van der Waals surface area contributed by atoms with Gasteiger partial charge >= 0.3 is 5.97 Å². The number of hydrogen-bond acceptors (Lipinski definition) is 2. The van der Waals surface area contributed by atoms with E-state index in [1.807, 2.05) is 30.3 Å². The summed E-state index contributed by atoms with van der Waals surface area (Å²) in [5, 5.41) is 8.70. The van der Waals surface area contributed by atoms with Gasteiger partial charge in [-0.15, -0.1) is 0 Å². The second kappa shape index (κ2) is 5.67. The monoisotopic (exact) mass is 247 g/mol. The van der Waals surface area contributed by atoms with E-state index in [0.29, 0.717) is 25.3 Å². The summed E-state index contributed by atoms with van der Waals surface area (Å²) in [6.07, 6.45) is 2.14. The molecule has 0 spiro atoms. The molecule has 1 aromatic rings. The summed E-state index contributed by atoms with van der Waals surface area (Å²) in [4.78, 5) is 24.2. The maximum Gasteiger partial charge on any atom is 0.303 e. The van der Waals surface area contributed by atoms with Crippen LogP contribution in [-0.4, -0.2) is 23.5 Å². The van der Waals surface area contributed by atoms with Crippen LogP contribution in [0.5, 0.6) is 0 Å². The van der Waals surface area contributed by atoms with Gasteiger partial charge in [0.05, 0.1) is 0 Å². The molecule has 1 aliphatic heterocycles. The number of para-hydroxylation sites is 1. The molecule has 96 valence electrons. The highest BCUT2D eigenvalue weighted by Gasteiger charge is 2.26. The summed E-state index contributed by atoms with van der Waals surface area (Å²) >= 11 is 0. The maximum absolute atomic E-state index is 11.9. The first-order valence-corrected chi connectivity index (χ1v) is 6.24. The fourth-order valence-electron chi connectivity index (χ4n) is 2.33. The topological polar surface area (TPSA) is 57.6 Å². The van der Waals surface area contributed by atoms with Crippen LogP contribution in [0.3, 0.4) is 0 Å². The van der Waals surface area contributed by atoms with Gasteiger partial charge in [-0.3, -0.25) is 9.59 Å².